The highest BCUT2D eigenvalue weighted by atomic mass is 35.5. The molecule has 0 aliphatic heterocycles. The van der Waals surface area contributed by atoms with Gasteiger partial charge >= 0.3 is 5.97 Å². The maximum Gasteiger partial charge on any atom is 0.337 e. The summed E-state index contributed by atoms with van der Waals surface area (Å²) in [6.45, 7) is 0.444. The van der Waals surface area contributed by atoms with E-state index in [9.17, 15) is 4.79 Å². The number of nitrogens with zero attached hydrogens (tertiary/aromatic N) is 1. The Labute approximate surface area is 121 Å². The number of pyridine rings is 1. The smallest absolute Gasteiger partial charge is 0.337 e. The van der Waals surface area contributed by atoms with Crippen LogP contribution in [0.15, 0.2) is 36.5 Å². The number of carbonyl (C=O) groups is 1. The van der Waals surface area contributed by atoms with Crippen LogP contribution in [0.2, 0.25) is 5.02 Å². The molecule has 1 aromatic carbocycles. The highest BCUT2D eigenvalue weighted by Crippen LogP contribution is 2.22. The zero-order valence-electron chi connectivity index (χ0n) is 10.8. The first kappa shape index (κ1) is 14.1. The normalized spacial score (nSPS) is 10.1. The van der Waals surface area contributed by atoms with Gasteiger partial charge in [0.2, 0.25) is 5.88 Å². The number of carboxylic acids is 1. The summed E-state index contributed by atoms with van der Waals surface area (Å²) in [6, 6.07) is 8.20. The van der Waals surface area contributed by atoms with E-state index in [0.29, 0.717) is 23.1 Å². The maximum absolute atomic E-state index is 11.1. The van der Waals surface area contributed by atoms with Gasteiger partial charge in [-0.15, -0.1) is 0 Å². The van der Waals surface area contributed by atoms with E-state index >= 15 is 0 Å². The lowest BCUT2D eigenvalue weighted by molar-refractivity contribution is 0.0698. The second-order valence-corrected chi connectivity index (χ2v) is 4.49. The Morgan fingerprint density at radius 3 is 2.90 bits per heavy atom. The lowest BCUT2D eigenvalue weighted by Crippen LogP contribution is -2.06. The molecule has 0 aliphatic rings. The monoisotopic (exact) mass is 292 g/mol. The molecule has 104 valence electrons. The Balaban J connectivity index is 2.17. The van der Waals surface area contributed by atoms with Crippen molar-refractivity contribution < 1.29 is 14.6 Å². The molecule has 0 bridgehead atoms. The van der Waals surface area contributed by atoms with Gasteiger partial charge in [0, 0.05) is 23.8 Å². The third kappa shape index (κ3) is 3.39. The van der Waals surface area contributed by atoms with Crippen LogP contribution >= 0.6 is 11.6 Å². The molecular weight excluding hydrogens is 280 g/mol. The van der Waals surface area contributed by atoms with Crippen molar-refractivity contribution in [3.63, 3.8) is 0 Å². The molecule has 6 heteroatoms. The number of benzene rings is 1. The molecule has 2 aromatic rings. The maximum atomic E-state index is 11.1. The van der Waals surface area contributed by atoms with E-state index in [2.05, 4.69) is 10.3 Å². The van der Waals surface area contributed by atoms with Crippen LogP contribution < -0.4 is 10.1 Å². The molecule has 0 amide bonds. The Hall–Kier alpha value is -2.27. The third-order valence-corrected chi connectivity index (χ3v) is 2.94. The SMILES string of the molecule is COc1cc(CNc2cc(Cl)ccc2C(=O)O)ccn1. The van der Waals surface area contributed by atoms with Crippen molar-refractivity contribution in [2.24, 2.45) is 0 Å². The van der Waals surface area contributed by atoms with Crippen LogP contribution in [0.4, 0.5) is 5.69 Å². The number of aromatic nitrogens is 1. The molecule has 0 unspecified atom stereocenters. The molecule has 5 nitrogen and oxygen atoms in total. The van der Waals surface area contributed by atoms with E-state index in [0.717, 1.165) is 5.56 Å². The Morgan fingerprint density at radius 1 is 1.40 bits per heavy atom. The van der Waals surface area contributed by atoms with Crippen LogP contribution in [0.5, 0.6) is 5.88 Å². The summed E-state index contributed by atoms with van der Waals surface area (Å²) < 4.78 is 5.03. The minimum absolute atomic E-state index is 0.176. The molecule has 20 heavy (non-hydrogen) atoms. The number of nitrogens with one attached hydrogen (secondary N) is 1. The zero-order valence-corrected chi connectivity index (χ0v) is 11.5. The van der Waals surface area contributed by atoms with Crippen molar-refractivity contribution in [1.29, 1.82) is 0 Å². The van der Waals surface area contributed by atoms with Gasteiger partial charge in [-0.05, 0) is 29.8 Å². The molecule has 2 N–H and O–H groups in total. The predicted octanol–water partition coefficient (Wildman–Crippen LogP) is 3.05. The molecule has 2 rings (SSSR count). The van der Waals surface area contributed by atoms with Crippen LogP contribution in [-0.4, -0.2) is 23.2 Å². The summed E-state index contributed by atoms with van der Waals surface area (Å²) in [5.41, 5.74) is 1.57. The van der Waals surface area contributed by atoms with Gasteiger partial charge in [-0.1, -0.05) is 11.6 Å². The Morgan fingerprint density at radius 2 is 2.20 bits per heavy atom. The zero-order chi connectivity index (χ0) is 14.5. The summed E-state index contributed by atoms with van der Waals surface area (Å²) in [5.74, 6) is -0.495. The van der Waals surface area contributed by atoms with Gasteiger partial charge in [0.05, 0.1) is 18.4 Å². The highest BCUT2D eigenvalue weighted by molar-refractivity contribution is 6.31. The fourth-order valence-electron chi connectivity index (χ4n) is 1.72. The molecule has 1 aromatic heterocycles. The number of hydrogen-bond acceptors (Lipinski definition) is 4. The minimum Gasteiger partial charge on any atom is -0.481 e. The van der Waals surface area contributed by atoms with Gasteiger partial charge in [0.15, 0.2) is 0 Å². The number of methoxy groups -OCH3 is 1. The number of anilines is 1. The van der Waals surface area contributed by atoms with Crippen LogP contribution in [0.3, 0.4) is 0 Å². The van der Waals surface area contributed by atoms with Gasteiger partial charge in [-0.25, -0.2) is 9.78 Å². The number of rotatable bonds is 5. The molecule has 0 spiro atoms. The molecule has 0 radical (unpaired) electrons. The Kier molecular flexibility index (Phi) is 4.42. The summed E-state index contributed by atoms with van der Waals surface area (Å²) in [7, 11) is 1.54. The quantitative estimate of drug-likeness (QED) is 0.886. The fourth-order valence-corrected chi connectivity index (χ4v) is 1.89. The summed E-state index contributed by atoms with van der Waals surface area (Å²) in [4.78, 5) is 15.1. The standard InChI is InChI=1S/C14H13ClN2O3/c1-20-13-6-9(4-5-16-13)8-17-12-7-10(15)2-3-11(12)14(18)19/h2-7,17H,8H2,1H3,(H,18,19). The molecule has 0 saturated heterocycles. The largest absolute Gasteiger partial charge is 0.481 e. The molecule has 1 heterocycles. The van der Waals surface area contributed by atoms with E-state index in [1.54, 1.807) is 31.5 Å². The number of halogens is 1. The number of carboxylic acid groups (broad SMARTS) is 1. The number of aromatic carboxylic acids is 1. The van der Waals surface area contributed by atoms with E-state index in [4.69, 9.17) is 21.4 Å². The van der Waals surface area contributed by atoms with E-state index in [1.807, 2.05) is 6.07 Å². The van der Waals surface area contributed by atoms with Crippen molar-refractivity contribution in [3.8, 4) is 5.88 Å². The predicted molar refractivity (Wildman–Crippen MR) is 76.5 cm³/mol. The van der Waals surface area contributed by atoms with E-state index in [1.165, 1.54) is 6.07 Å². The van der Waals surface area contributed by atoms with Gasteiger partial charge < -0.3 is 15.2 Å². The van der Waals surface area contributed by atoms with Gasteiger partial charge in [0.1, 0.15) is 0 Å². The average molecular weight is 293 g/mol. The molecule has 0 saturated carbocycles. The molecule has 0 fully saturated rings. The molecule has 0 aliphatic carbocycles. The van der Waals surface area contributed by atoms with Crippen LogP contribution in [0, 0.1) is 0 Å². The van der Waals surface area contributed by atoms with Crippen molar-refractivity contribution in [1.82, 2.24) is 4.98 Å². The lowest BCUT2D eigenvalue weighted by Gasteiger charge is -2.10. The summed E-state index contributed by atoms with van der Waals surface area (Å²) in [6.07, 6.45) is 1.63. The van der Waals surface area contributed by atoms with Crippen LogP contribution in [0.1, 0.15) is 15.9 Å². The first-order valence-electron chi connectivity index (χ1n) is 5.86. The van der Waals surface area contributed by atoms with E-state index < -0.39 is 5.97 Å². The van der Waals surface area contributed by atoms with Crippen molar-refractivity contribution >= 4 is 23.3 Å². The highest BCUT2D eigenvalue weighted by Gasteiger charge is 2.10. The third-order valence-electron chi connectivity index (χ3n) is 2.70. The minimum atomic E-state index is -1.00. The Bertz CT molecular complexity index is 632. The average Bonchev–Trinajstić information content (AvgIpc) is 2.45. The molecular formula is C14H13ClN2O3. The van der Waals surface area contributed by atoms with Gasteiger partial charge in [-0.2, -0.15) is 0 Å². The van der Waals surface area contributed by atoms with Crippen LogP contribution in [0.25, 0.3) is 0 Å². The summed E-state index contributed by atoms with van der Waals surface area (Å²) >= 11 is 5.89. The first-order chi connectivity index (χ1) is 9.60. The van der Waals surface area contributed by atoms with Gasteiger partial charge in [-0.3, -0.25) is 0 Å². The first-order valence-corrected chi connectivity index (χ1v) is 6.23. The topological polar surface area (TPSA) is 71.5 Å². The van der Waals surface area contributed by atoms with E-state index in [-0.39, 0.29) is 5.56 Å². The fraction of sp³-hybridized carbons (Fsp3) is 0.143. The lowest BCUT2D eigenvalue weighted by atomic mass is 10.1. The van der Waals surface area contributed by atoms with Crippen molar-refractivity contribution in [2.45, 2.75) is 6.54 Å². The van der Waals surface area contributed by atoms with Gasteiger partial charge in [0.25, 0.3) is 0 Å². The molecule has 0 atom stereocenters. The van der Waals surface area contributed by atoms with Crippen molar-refractivity contribution in [2.75, 3.05) is 12.4 Å². The van der Waals surface area contributed by atoms with Crippen LogP contribution in [-0.2, 0) is 6.54 Å². The number of ether oxygens (including phenoxy) is 1. The van der Waals surface area contributed by atoms with Crippen molar-refractivity contribution in [3.05, 3.63) is 52.7 Å². The number of hydrogen-bond donors (Lipinski definition) is 2. The second-order valence-electron chi connectivity index (χ2n) is 4.06. The summed E-state index contributed by atoms with van der Waals surface area (Å²) in [5, 5.41) is 12.7. The second kappa shape index (κ2) is 6.25.